The van der Waals surface area contributed by atoms with Crippen LogP contribution in [0.4, 0.5) is 0 Å². The first-order chi connectivity index (χ1) is 16.4. The van der Waals surface area contributed by atoms with Crippen LogP contribution in [0.2, 0.25) is 0 Å². The van der Waals surface area contributed by atoms with Crippen molar-refractivity contribution in [2.75, 3.05) is 32.7 Å². The number of nitrogens with one attached hydrogen (secondary N) is 1. The molecule has 0 spiro atoms. The van der Waals surface area contributed by atoms with Crippen molar-refractivity contribution in [3.8, 4) is 0 Å². The molecule has 0 unspecified atom stereocenters. The van der Waals surface area contributed by atoms with Gasteiger partial charge in [-0.1, -0.05) is 48.5 Å². The normalized spacial score (nSPS) is 15.7. The maximum Gasteiger partial charge on any atom is 0.243 e. The van der Waals surface area contributed by atoms with Gasteiger partial charge in [-0.25, -0.2) is 8.42 Å². The molecule has 0 radical (unpaired) electrons. The number of hydrogen-bond donors (Lipinski definition) is 1. The third-order valence-corrected chi connectivity index (χ3v) is 8.76. The van der Waals surface area contributed by atoms with Gasteiger partial charge in [0.25, 0.3) is 0 Å². The number of thiophene rings is 1. The largest absolute Gasteiger partial charge is 0.339 e. The van der Waals surface area contributed by atoms with Gasteiger partial charge in [-0.05, 0) is 36.1 Å². The zero-order valence-corrected chi connectivity index (χ0v) is 20.5. The molecule has 178 valence electrons. The topological polar surface area (TPSA) is 86.8 Å². The van der Waals surface area contributed by atoms with E-state index >= 15 is 0 Å². The molecule has 1 saturated heterocycles. The number of ketones is 1. The van der Waals surface area contributed by atoms with Crippen LogP contribution in [0.25, 0.3) is 0 Å². The Morgan fingerprint density at radius 1 is 0.941 bits per heavy atom. The molecule has 1 aromatic heterocycles. The first-order valence-corrected chi connectivity index (χ1v) is 13.4. The summed E-state index contributed by atoms with van der Waals surface area (Å²) in [6.45, 7) is 2.74. The zero-order chi connectivity index (χ0) is 24.1. The Balaban J connectivity index is 1.35. The lowest BCUT2D eigenvalue weighted by Crippen LogP contribution is -2.52. The van der Waals surface area contributed by atoms with Gasteiger partial charge in [-0.3, -0.25) is 14.9 Å². The molecule has 2 heterocycles. The highest BCUT2D eigenvalue weighted by Gasteiger charge is 2.30. The van der Waals surface area contributed by atoms with Crippen LogP contribution < -0.4 is 5.32 Å². The molecule has 7 nitrogen and oxygen atoms in total. The van der Waals surface area contributed by atoms with Crippen molar-refractivity contribution in [1.29, 1.82) is 0 Å². The van der Waals surface area contributed by atoms with Gasteiger partial charge in [0, 0.05) is 36.6 Å². The van der Waals surface area contributed by atoms with Gasteiger partial charge in [0.1, 0.15) is 0 Å². The van der Waals surface area contributed by atoms with Crippen LogP contribution in [-0.4, -0.2) is 62.0 Å². The monoisotopic (exact) mass is 497 g/mol. The van der Waals surface area contributed by atoms with Crippen LogP contribution in [0.5, 0.6) is 0 Å². The van der Waals surface area contributed by atoms with E-state index in [1.165, 1.54) is 35.5 Å². The van der Waals surface area contributed by atoms with Crippen molar-refractivity contribution in [3.05, 3.63) is 88.1 Å². The van der Waals surface area contributed by atoms with Crippen molar-refractivity contribution < 1.29 is 18.0 Å². The average molecular weight is 498 g/mol. The molecule has 1 atom stereocenters. The van der Waals surface area contributed by atoms with Crippen LogP contribution in [0.15, 0.2) is 77.0 Å². The molecular formula is C25H27N3O4S2. The molecular weight excluding hydrogens is 470 g/mol. The van der Waals surface area contributed by atoms with Gasteiger partial charge in [0.2, 0.25) is 15.9 Å². The van der Waals surface area contributed by atoms with Gasteiger partial charge < -0.3 is 4.90 Å². The predicted octanol–water partition coefficient (Wildman–Crippen LogP) is 3.16. The number of rotatable bonds is 8. The van der Waals surface area contributed by atoms with E-state index in [4.69, 9.17) is 0 Å². The van der Waals surface area contributed by atoms with Crippen LogP contribution in [0, 0.1) is 0 Å². The van der Waals surface area contributed by atoms with E-state index < -0.39 is 10.0 Å². The van der Waals surface area contributed by atoms with E-state index in [0.29, 0.717) is 18.7 Å². The average Bonchev–Trinajstić information content (AvgIpc) is 3.39. The summed E-state index contributed by atoms with van der Waals surface area (Å²) in [5.74, 6) is -0.168. The summed E-state index contributed by atoms with van der Waals surface area (Å²) < 4.78 is 27.3. The van der Waals surface area contributed by atoms with E-state index in [-0.39, 0.29) is 42.3 Å². The van der Waals surface area contributed by atoms with Gasteiger partial charge in [-0.2, -0.15) is 4.31 Å². The van der Waals surface area contributed by atoms with Gasteiger partial charge in [-0.15, -0.1) is 11.3 Å². The highest BCUT2D eigenvalue weighted by Crippen LogP contribution is 2.26. The fourth-order valence-corrected chi connectivity index (χ4v) is 6.22. The molecule has 1 fully saturated rings. The number of carbonyl (C=O) groups excluding carboxylic acids is 2. The molecule has 9 heteroatoms. The van der Waals surface area contributed by atoms with Crippen molar-refractivity contribution in [2.45, 2.75) is 17.9 Å². The second kappa shape index (κ2) is 10.6. The minimum atomic E-state index is -3.68. The van der Waals surface area contributed by atoms with E-state index in [2.05, 4.69) is 5.32 Å². The van der Waals surface area contributed by atoms with E-state index in [1.54, 1.807) is 16.2 Å². The number of benzene rings is 2. The van der Waals surface area contributed by atoms with Crippen molar-refractivity contribution in [3.63, 3.8) is 0 Å². The third kappa shape index (κ3) is 5.44. The molecule has 34 heavy (non-hydrogen) atoms. The Labute approximate surface area is 204 Å². The summed E-state index contributed by atoms with van der Waals surface area (Å²) in [5.41, 5.74) is 1.56. The maximum atomic E-state index is 13.0. The molecule has 0 bridgehead atoms. The zero-order valence-electron chi connectivity index (χ0n) is 18.9. The van der Waals surface area contributed by atoms with Gasteiger partial charge in [0.15, 0.2) is 5.78 Å². The molecule has 1 aliphatic rings. The first kappa shape index (κ1) is 24.3. The molecule has 3 aromatic rings. The SMILES string of the molecule is CC(=O)c1ccc(S(=O)(=O)N2CCN(C(=O)CN[C@@H](c3ccccc3)c3cccs3)CC2)cc1. The number of piperazine rings is 1. The van der Waals surface area contributed by atoms with Crippen molar-refractivity contribution in [1.82, 2.24) is 14.5 Å². The molecule has 4 rings (SSSR count). The summed E-state index contributed by atoms with van der Waals surface area (Å²) in [4.78, 5) is 27.3. The number of sulfonamides is 1. The third-order valence-electron chi connectivity index (χ3n) is 5.91. The number of amides is 1. The summed E-state index contributed by atoms with van der Waals surface area (Å²) in [5, 5.41) is 5.39. The Morgan fingerprint density at radius 3 is 2.21 bits per heavy atom. The molecule has 1 aliphatic heterocycles. The number of nitrogens with zero attached hydrogens (tertiary/aromatic N) is 2. The minimum Gasteiger partial charge on any atom is -0.339 e. The number of carbonyl (C=O) groups is 2. The summed E-state index contributed by atoms with van der Waals surface area (Å²) in [6.07, 6.45) is 0. The second-order valence-electron chi connectivity index (χ2n) is 8.11. The number of hydrogen-bond acceptors (Lipinski definition) is 6. The number of Topliss-reactive ketones (excluding diaryl/α,β-unsaturated/α-hetero) is 1. The summed E-state index contributed by atoms with van der Waals surface area (Å²) in [6, 6.07) is 19.9. The molecule has 1 amide bonds. The highest BCUT2D eigenvalue weighted by atomic mass is 32.2. The lowest BCUT2D eigenvalue weighted by atomic mass is 10.1. The maximum absolute atomic E-state index is 13.0. The fourth-order valence-electron chi connectivity index (χ4n) is 3.97. The Morgan fingerprint density at radius 2 is 1.62 bits per heavy atom. The van der Waals surface area contributed by atoms with E-state index in [0.717, 1.165) is 10.4 Å². The van der Waals surface area contributed by atoms with E-state index in [1.807, 2.05) is 47.8 Å². The minimum absolute atomic E-state index is 0.0552. The fraction of sp³-hybridized carbons (Fsp3) is 0.280. The Hall–Kier alpha value is -2.85. The summed E-state index contributed by atoms with van der Waals surface area (Å²) >= 11 is 1.64. The predicted molar refractivity (Wildman–Crippen MR) is 132 cm³/mol. The van der Waals surface area contributed by atoms with Crippen molar-refractivity contribution in [2.24, 2.45) is 0 Å². The lowest BCUT2D eigenvalue weighted by Gasteiger charge is -2.34. The molecule has 1 N–H and O–H groups in total. The Kier molecular flexibility index (Phi) is 7.57. The molecule has 2 aromatic carbocycles. The quantitative estimate of drug-likeness (QED) is 0.483. The summed E-state index contributed by atoms with van der Waals surface area (Å²) in [7, 11) is -3.68. The van der Waals surface area contributed by atoms with Crippen molar-refractivity contribution >= 4 is 33.1 Å². The molecule has 0 aliphatic carbocycles. The van der Waals surface area contributed by atoms with Crippen LogP contribution in [-0.2, 0) is 14.8 Å². The van der Waals surface area contributed by atoms with Gasteiger partial charge >= 0.3 is 0 Å². The molecule has 0 saturated carbocycles. The van der Waals surface area contributed by atoms with E-state index in [9.17, 15) is 18.0 Å². The smallest absolute Gasteiger partial charge is 0.243 e. The lowest BCUT2D eigenvalue weighted by molar-refractivity contribution is -0.131. The van der Waals surface area contributed by atoms with Crippen LogP contribution >= 0.6 is 11.3 Å². The Bertz CT molecular complexity index is 1220. The second-order valence-corrected chi connectivity index (χ2v) is 11.0. The van der Waals surface area contributed by atoms with Crippen LogP contribution in [0.1, 0.15) is 33.8 Å². The first-order valence-electron chi connectivity index (χ1n) is 11.1. The standard InChI is InChI=1S/C25H27N3O4S2/c1-19(29)20-9-11-22(12-10-20)34(31,32)28-15-13-27(14-16-28)24(30)18-26-25(23-8-5-17-33-23)21-6-3-2-4-7-21/h2-12,17,25-26H,13-16,18H2,1H3/t25-/m0/s1. The van der Waals surface area contributed by atoms with Crippen LogP contribution in [0.3, 0.4) is 0 Å². The highest BCUT2D eigenvalue weighted by molar-refractivity contribution is 7.89. The van der Waals surface area contributed by atoms with Gasteiger partial charge in [0.05, 0.1) is 17.5 Å².